The Morgan fingerprint density at radius 1 is 1.08 bits per heavy atom. The topological polar surface area (TPSA) is 77.9 Å². The molecule has 1 aromatic carbocycles. The molecule has 2 aromatic rings. The lowest BCUT2D eigenvalue weighted by molar-refractivity contribution is 0.0730. The molecule has 4 heterocycles. The summed E-state index contributed by atoms with van der Waals surface area (Å²) in [5.74, 6) is 2.73. The number of anilines is 1. The van der Waals surface area contributed by atoms with Crippen molar-refractivity contribution in [3.63, 3.8) is 0 Å². The third-order valence-corrected chi connectivity index (χ3v) is 9.16. The second kappa shape index (κ2) is 12.1. The molecule has 5 rings (SSSR count). The van der Waals surface area contributed by atoms with Crippen LogP contribution in [-0.2, 0) is 34.3 Å². The van der Waals surface area contributed by atoms with E-state index < -0.39 is 10.0 Å². The largest absolute Gasteiger partial charge is 0.494 e. The molecule has 8 nitrogen and oxygen atoms in total. The molecule has 3 aliphatic rings. The number of hydrogen-bond acceptors (Lipinski definition) is 7. The van der Waals surface area contributed by atoms with Gasteiger partial charge in [0.25, 0.3) is 0 Å². The molecular weight excluding hydrogens is 488 g/mol. The highest BCUT2D eigenvalue weighted by atomic mass is 32.2. The summed E-state index contributed by atoms with van der Waals surface area (Å²) in [5.41, 5.74) is 3.56. The lowest BCUT2D eigenvalue weighted by Crippen LogP contribution is -2.40. The van der Waals surface area contributed by atoms with Crippen molar-refractivity contribution in [2.75, 3.05) is 63.7 Å². The van der Waals surface area contributed by atoms with Gasteiger partial charge in [-0.3, -0.25) is 0 Å². The number of morpholine rings is 1. The van der Waals surface area contributed by atoms with Crippen molar-refractivity contribution in [2.24, 2.45) is 5.92 Å². The van der Waals surface area contributed by atoms with Crippen molar-refractivity contribution < 1.29 is 17.9 Å². The van der Waals surface area contributed by atoms with Gasteiger partial charge in [0, 0.05) is 37.9 Å². The fourth-order valence-electron chi connectivity index (χ4n) is 5.60. The smallest absolute Gasteiger partial charge is 0.211 e. The number of nitrogens with zero attached hydrogens (tertiary/aromatic N) is 4. The van der Waals surface area contributed by atoms with Gasteiger partial charge in [-0.2, -0.15) is 9.21 Å². The van der Waals surface area contributed by atoms with Gasteiger partial charge in [-0.05, 0) is 73.4 Å². The molecule has 201 valence electrons. The van der Waals surface area contributed by atoms with Crippen molar-refractivity contribution in [2.45, 2.75) is 45.2 Å². The summed E-state index contributed by atoms with van der Waals surface area (Å²) in [6, 6.07) is 10.5. The Labute approximate surface area is 221 Å². The summed E-state index contributed by atoms with van der Waals surface area (Å²) < 4.78 is 36.7. The van der Waals surface area contributed by atoms with Crippen LogP contribution in [0.2, 0.25) is 0 Å². The van der Waals surface area contributed by atoms with E-state index in [1.807, 2.05) is 18.3 Å². The van der Waals surface area contributed by atoms with Crippen LogP contribution in [0.1, 0.15) is 42.4 Å². The maximum Gasteiger partial charge on any atom is 0.211 e. The van der Waals surface area contributed by atoms with E-state index in [1.54, 1.807) is 4.31 Å². The zero-order valence-electron chi connectivity index (χ0n) is 22.0. The minimum Gasteiger partial charge on any atom is -0.494 e. The SMILES string of the molecule is CS(=O)(=O)N1CCc2cc(OCCCC3CCN(c4ccc(C[N+]5CCOCC5)cn4)CC3)ccc2C1. The number of pyridine rings is 1. The molecule has 0 spiro atoms. The average Bonchev–Trinajstić information content (AvgIpc) is 2.92. The first-order chi connectivity index (χ1) is 17.9. The normalized spacial score (nSPS) is 20.1. The molecule has 0 aliphatic carbocycles. The Morgan fingerprint density at radius 2 is 1.89 bits per heavy atom. The predicted octanol–water partition coefficient (Wildman–Crippen LogP) is 3.15. The van der Waals surface area contributed by atoms with Crippen molar-refractivity contribution >= 4 is 15.8 Å². The summed E-state index contributed by atoms with van der Waals surface area (Å²) >= 11 is 0. The lowest BCUT2D eigenvalue weighted by Gasteiger charge is -2.33. The third-order valence-electron chi connectivity index (χ3n) is 7.91. The molecular formula is C28H40N4O4S+. The van der Waals surface area contributed by atoms with Gasteiger partial charge in [0.2, 0.25) is 10.0 Å². The second-order valence-corrected chi connectivity index (χ2v) is 12.6. The van der Waals surface area contributed by atoms with Crippen molar-refractivity contribution in [3.05, 3.63) is 53.2 Å². The number of sulfonamides is 1. The van der Waals surface area contributed by atoms with E-state index >= 15 is 0 Å². The van der Waals surface area contributed by atoms with Crippen LogP contribution < -0.4 is 14.5 Å². The Bertz CT molecular complexity index is 1130. The number of aromatic nitrogens is 1. The summed E-state index contributed by atoms with van der Waals surface area (Å²) in [6.45, 7) is 8.47. The van der Waals surface area contributed by atoms with E-state index in [9.17, 15) is 8.42 Å². The van der Waals surface area contributed by atoms with Crippen LogP contribution in [0.4, 0.5) is 5.82 Å². The monoisotopic (exact) mass is 528 g/mol. The zero-order valence-corrected chi connectivity index (χ0v) is 22.8. The van der Waals surface area contributed by atoms with Gasteiger partial charge < -0.3 is 14.4 Å². The number of piperidine rings is 1. The Morgan fingerprint density at radius 3 is 2.62 bits per heavy atom. The molecule has 0 atom stereocenters. The van der Waals surface area contributed by atoms with Crippen LogP contribution in [-0.4, -0.2) is 76.5 Å². The summed E-state index contributed by atoms with van der Waals surface area (Å²) in [5, 5.41) is 0. The van der Waals surface area contributed by atoms with E-state index in [2.05, 4.69) is 28.0 Å². The zero-order chi connectivity index (χ0) is 25.7. The Kier molecular flexibility index (Phi) is 8.64. The molecule has 0 bridgehead atoms. The molecule has 0 unspecified atom stereocenters. The van der Waals surface area contributed by atoms with Crippen LogP contribution in [0.25, 0.3) is 0 Å². The quantitative estimate of drug-likeness (QED) is 0.368. The van der Waals surface area contributed by atoms with Gasteiger partial charge in [-0.25, -0.2) is 13.4 Å². The Balaban J connectivity index is 1.00. The standard InChI is InChI=1S/C28H40N4O4S/c1-37(33,34)32-13-10-25-19-27(6-5-26(25)22-32)36-16-2-3-23-8-11-31(12-9-23)28-7-4-24(20-29-28)21-30-14-17-35-18-15-30/h4-7,19-20,23H,2-3,8-18,21-22H2,1H3/q+1. The molecule has 0 N–H and O–H groups in total. The van der Waals surface area contributed by atoms with Gasteiger partial charge >= 0.3 is 0 Å². The maximum absolute atomic E-state index is 11.8. The van der Waals surface area contributed by atoms with Gasteiger partial charge in [-0.15, -0.1) is 0 Å². The van der Waals surface area contributed by atoms with Crippen LogP contribution in [0, 0.1) is 5.92 Å². The molecule has 2 fully saturated rings. The summed E-state index contributed by atoms with van der Waals surface area (Å²) in [4.78, 5) is 9.61. The van der Waals surface area contributed by atoms with Crippen LogP contribution in [0.15, 0.2) is 36.5 Å². The highest BCUT2D eigenvalue weighted by Crippen LogP contribution is 2.27. The van der Waals surface area contributed by atoms with Gasteiger partial charge in [0.1, 0.15) is 44.4 Å². The first-order valence-corrected chi connectivity index (χ1v) is 15.5. The van der Waals surface area contributed by atoms with Gasteiger partial charge in [0.05, 0.1) is 12.9 Å². The van der Waals surface area contributed by atoms with Gasteiger partial charge in [-0.1, -0.05) is 6.07 Å². The highest BCUT2D eigenvalue weighted by Gasteiger charge is 2.24. The van der Waals surface area contributed by atoms with Crippen LogP contribution in [0.5, 0.6) is 5.75 Å². The number of hydrogen-bond donors (Lipinski definition) is 0. The van der Waals surface area contributed by atoms with Crippen molar-refractivity contribution in [3.8, 4) is 5.75 Å². The number of fused-ring (bicyclic) bond motifs is 1. The summed E-state index contributed by atoms with van der Waals surface area (Å²) in [6.07, 6.45) is 8.70. The van der Waals surface area contributed by atoms with Crippen LogP contribution >= 0.6 is 0 Å². The number of benzene rings is 1. The molecule has 2 saturated heterocycles. The molecule has 1 radical (unpaired) electrons. The Hall–Kier alpha value is -2.20. The second-order valence-electron chi connectivity index (χ2n) is 10.6. The predicted molar refractivity (Wildman–Crippen MR) is 146 cm³/mol. The van der Waals surface area contributed by atoms with E-state index in [1.165, 1.54) is 36.6 Å². The molecule has 37 heavy (non-hydrogen) atoms. The fourth-order valence-corrected chi connectivity index (χ4v) is 6.40. The first kappa shape index (κ1) is 26.4. The number of ether oxygens (including phenoxy) is 2. The average molecular weight is 529 g/mol. The van der Waals surface area contributed by atoms with E-state index in [0.717, 1.165) is 88.4 Å². The third kappa shape index (κ3) is 7.22. The minimum atomic E-state index is -3.14. The van der Waals surface area contributed by atoms with E-state index in [4.69, 9.17) is 14.5 Å². The van der Waals surface area contributed by atoms with Gasteiger partial charge in [0.15, 0.2) is 0 Å². The van der Waals surface area contributed by atoms with Crippen molar-refractivity contribution in [1.82, 2.24) is 14.2 Å². The first-order valence-electron chi connectivity index (χ1n) is 13.6. The maximum atomic E-state index is 11.8. The molecule has 1 aromatic heterocycles. The molecule has 3 aliphatic heterocycles. The van der Waals surface area contributed by atoms with E-state index in [-0.39, 0.29) is 0 Å². The number of rotatable bonds is 9. The summed E-state index contributed by atoms with van der Waals surface area (Å²) in [7, 11) is -3.14. The van der Waals surface area contributed by atoms with E-state index in [0.29, 0.717) is 13.1 Å². The molecule has 0 saturated carbocycles. The minimum absolute atomic E-state index is 0.460. The molecule has 9 heteroatoms. The molecule has 0 amide bonds. The fraction of sp³-hybridized carbons (Fsp3) is 0.607. The highest BCUT2D eigenvalue weighted by molar-refractivity contribution is 7.88. The van der Waals surface area contributed by atoms with Crippen molar-refractivity contribution in [1.29, 1.82) is 0 Å². The lowest BCUT2D eigenvalue weighted by atomic mass is 9.92. The van der Waals surface area contributed by atoms with Crippen LogP contribution in [0.3, 0.4) is 0 Å².